The number of carbonyl (C=O) groups is 1. The zero-order valence-electron chi connectivity index (χ0n) is 10.5. The second-order valence-corrected chi connectivity index (χ2v) is 4.72. The Labute approximate surface area is 92.8 Å². The number of nitrogens with zero attached hydrogens (tertiary/aromatic N) is 1. The minimum Gasteiger partial charge on any atom is -0.444 e. The highest BCUT2D eigenvalue weighted by Crippen LogP contribution is 2.12. The molecule has 0 saturated heterocycles. The largest absolute Gasteiger partial charge is 0.444 e. The van der Waals surface area contributed by atoms with Crippen LogP contribution in [0.2, 0.25) is 0 Å². The monoisotopic (exact) mass is 216 g/mol. The van der Waals surface area contributed by atoms with E-state index in [0.29, 0.717) is 13.1 Å². The van der Waals surface area contributed by atoms with Crippen LogP contribution in [0.5, 0.6) is 0 Å². The first kappa shape index (κ1) is 14.2. The summed E-state index contributed by atoms with van der Waals surface area (Å²) < 4.78 is 5.31. The van der Waals surface area contributed by atoms with Crippen LogP contribution >= 0.6 is 0 Å². The topological polar surface area (TPSA) is 55.6 Å². The molecule has 4 nitrogen and oxygen atoms in total. The van der Waals surface area contributed by atoms with Crippen molar-refractivity contribution in [3.8, 4) is 0 Å². The second kappa shape index (κ2) is 5.95. The molecule has 0 heterocycles. The van der Waals surface area contributed by atoms with Crippen molar-refractivity contribution in [3.63, 3.8) is 0 Å². The molecule has 0 spiro atoms. The molecule has 90 valence electrons. The van der Waals surface area contributed by atoms with Crippen molar-refractivity contribution in [2.75, 3.05) is 13.1 Å². The van der Waals surface area contributed by atoms with Gasteiger partial charge in [-0.05, 0) is 34.1 Å². The van der Waals surface area contributed by atoms with Crippen molar-refractivity contribution in [2.24, 2.45) is 5.73 Å². The van der Waals surface area contributed by atoms with Gasteiger partial charge >= 0.3 is 6.09 Å². The predicted molar refractivity (Wildman–Crippen MR) is 61.7 cm³/mol. The number of amides is 1. The molecule has 1 amide bonds. The molecule has 0 aliphatic heterocycles. The van der Waals surface area contributed by atoms with Crippen LogP contribution in [0.25, 0.3) is 0 Å². The Kier molecular flexibility index (Phi) is 5.65. The standard InChI is InChI=1S/C11H24N2O2/c1-6-9(2)13(8-7-12)10(14)15-11(3,4)5/h9H,6-8,12H2,1-5H3/t9-/m1/s1. The zero-order valence-corrected chi connectivity index (χ0v) is 10.5. The first-order valence-corrected chi connectivity index (χ1v) is 5.51. The maximum Gasteiger partial charge on any atom is 0.410 e. The number of nitrogens with two attached hydrogens (primary N) is 1. The van der Waals surface area contributed by atoms with Crippen LogP contribution in [0.4, 0.5) is 4.79 Å². The van der Waals surface area contributed by atoms with Gasteiger partial charge in [0.15, 0.2) is 0 Å². The molecular weight excluding hydrogens is 192 g/mol. The molecule has 0 radical (unpaired) electrons. The Balaban J connectivity index is 4.42. The van der Waals surface area contributed by atoms with Crippen molar-refractivity contribution in [3.05, 3.63) is 0 Å². The van der Waals surface area contributed by atoms with Crippen LogP contribution in [0, 0.1) is 0 Å². The van der Waals surface area contributed by atoms with E-state index >= 15 is 0 Å². The van der Waals surface area contributed by atoms with E-state index in [1.165, 1.54) is 0 Å². The number of hydrogen-bond acceptors (Lipinski definition) is 3. The Bertz CT molecular complexity index is 199. The Morgan fingerprint density at radius 2 is 2.00 bits per heavy atom. The third-order valence-corrected chi connectivity index (χ3v) is 2.12. The summed E-state index contributed by atoms with van der Waals surface area (Å²) in [5, 5.41) is 0. The van der Waals surface area contributed by atoms with Crippen molar-refractivity contribution in [1.29, 1.82) is 0 Å². The highest BCUT2D eigenvalue weighted by atomic mass is 16.6. The average molecular weight is 216 g/mol. The van der Waals surface area contributed by atoms with Gasteiger partial charge in [0.2, 0.25) is 0 Å². The molecule has 0 aliphatic rings. The molecular formula is C11H24N2O2. The highest BCUT2D eigenvalue weighted by Gasteiger charge is 2.24. The third-order valence-electron chi connectivity index (χ3n) is 2.12. The fourth-order valence-electron chi connectivity index (χ4n) is 1.17. The summed E-state index contributed by atoms with van der Waals surface area (Å²) in [6.45, 7) is 10.6. The number of ether oxygens (including phenoxy) is 1. The third kappa shape index (κ3) is 5.62. The van der Waals surface area contributed by atoms with E-state index in [1.807, 2.05) is 34.6 Å². The van der Waals surface area contributed by atoms with Crippen LogP contribution in [-0.4, -0.2) is 35.7 Å². The molecule has 0 aliphatic carbocycles. The molecule has 4 heteroatoms. The SMILES string of the molecule is CC[C@@H](C)N(CCN)C(=O)OC(C)(C)C. The summed E-state index contributed by atoms with van der Waals surface area (Å²) >= 11 is 0. The molecule has 0 saturated carbocycles. The summed E-state index contributed by atoms with van der Waals surface area (Å²) in [5.41, 5.74) is 5.03. The smallest absolute Gasteiger partial charge is 0.410 e. The number of rotatable bonds is 4. The Morgan fingerprint density at radius 3 is 2.33 bits per heavy atom. The molecule has 0 aromatic rings. The summed E-state index contributed by atoms with van der Waals surface area (Å²) in [6.07, 6.45) is 0.626. The molecule has 0 bridgehead atoms. The maximum absolute atomic E-state index is 11.8. The fourth-order valence-corrected chi connectivity index (χ4v) is 1.17. The molecule has 0 fully saturated rings. The normalized spacial score (nSPS) is 13.5. The highest BCUT2D eigenvalue weighted by molar-refractivity contribution is 5.68. The van der Waals surface area contributed by atoms with Crippen molar-refractivity contribution >= 4 is 6.09 Å². The van der Waals surface area contributed by atoms with Crippen molar-refractivity contribution in [1.82, 2.24) is 4.90 Å². The zero-order chi connectivity index (χ0) is 12.1. The maximum atomic E-state index is 11.8. The lowest BCUT2D eigenvalue weighted by atomic mass is 10.2. The lowest BCUT2D eigenvalue weighted by Gasteiger charge is -2.30. The summed E-state index contributed by atoms with van der Waals surface area (Å²) in [7, 11) is 0. The molecule has 0 aromatic heterocycles. The lowest BCUT2D eigenvalue weighted by molar-refractivity contribution is 0.0179. The molecule has 1 atom stereocenters. The van der Waals surface area contributed by atoms with E-state index in [9.17, 15) is 4.79 Å². The van der Waals surface area contributed by atoms with Crippen molar-refractivity contribution in [2.45, 2.75) is 52.7 Å². The van der Waals surface area contributed by atoms with Crippen LogP contribution in [0.3, 0.4) is 0 Å². The first-order valence-electron chi connectivity index (χ1n) is 5.51. The molecule has 2 N–H and O–H groups in total. The lowest BCUT2D eigenvalue weighted by Crippen LogP contribution is -2.44. The molecule has 0 aromatic carbocycles. The molecule has 0 unspecified atom stereocenters. The van der Waals surface area contributed by atoms with E-state index in [0.717, 1.165) is 6.42 Å². The average Bonchev–Trinajstić information content (AvgIpc) is 2.10. The van der Waals surface area contributed by atoms with Gasteiger partial charge in [-0.3, -0.25) is 0 Å². The van der Waals surface area contributed by atoms with E-state index in [4.69, 9.17) is 10.5 Å². The Hall–Kier alpha value is -0.770. The van der Waals surface area contributed by atoms with Gasteiger partial charge in [0.05, 0.1) is 0 Å². The predicted octanol–water partition coefficient (Wildman–Crippen LogP) is 1.98. The van der Waals surface area contributed by atoms with Gasteiger partial charge in [0.25, 0.3) is 0 Å². The first-order chi connectivity index (χ1) is 6.81. The van der Waals surface area contributed by atoms with Gasteiger partial charge < -0.3 is 15.4 Å². The quantitative estimate of drug-likeness (QED) is 0.781. The van der Waals surface area contributed by atoms with Gasteiger partial charge in [-0.15, -0.1) is 0 Å². The molecule has 15 heavy (non-hydrogen) atoms. The van der Waals surface area contributed by atoms with E-state index in [1.54, 1.807) is 4.90 Å². The van der Waals surface area contributed by atoms with Gasteiger partial charge in [-0.25, -0.2) is 4.79 Å². The summed E-state index contributed by atoms with van der Waals surface area (Å²) in [4.78, 5) is 13.5. The summed E-state index contributed by atoms with van der Waals surface area (Å²) in [5.74, 6) is 0. The van der Waals surface area contributed by atoms with Crippen LogP contribution < -0.4 is 5.73 Å². The van der Waals surface area contributed by atoms with E-state index in [2.05, 4.69) is 0 Å². The van der Waals surface area contributed by atoms with Crippen LogP contribution in [-0.2, 0) is 4.74 Å². The second-order valence-electron chi connectivity index (χ2n) is 4.72. The van der Waals surface area contributed by atoms with Gasteiger partial charge in [-0.1, -0.05) is 6.92 Å². The van der Waals surface area contributed by atoms with Crippen molar-refractivity contribution < 1.29 is 9.53 Å². The fraction of sp³-hybridized carbons (Fsp3) is 0.909. The van der Waals surface area contributed by atoms with Gasteiger partial charge in [0.1, 0.15) is 5.60 Å². The van der Waals surface area contributed by atoms with Gasteiger partial charge in [-0.2, -0.15) is 0 Å². The van der Waals surface area contributed by atoms with Gasteiger partial charge in [0, 0.05) is 19.1 Å². The minimum absolute atomic E-state index is 0.170. The van der Waals surface area contributed by atoms with E-state index in [-0.39, 0.29) is 12.1 Å². The Morgan fingerprint density at radius 1 is 1.47 bits per heavy atom. The minimum atomic E-state index is -0.447. The number of hydrogen-bond donors (Lipinski definition) is 1. The summed E-state index contributed by atoms with van der Waals surface area (Å²) in [6, 6.07) is 0.170. The molecule has 0 rings (SSSR count). The van der Waals surface area contributed by atoms with Crippen LogP contribution in [0.1, 0.15) is 41.0 Å². The van der Waals surface area contributed by atoms with E-state index < -0.39 is 5.60 Å². The number of carbonyl (C=O) groups excluding carboxylic acids is 1. The van der Waals surface area contributed by atoms with Crippen LogP contribution in [0.15, 0.2) is 0 Å².